The highest BCUT2D eigenvalue weighted by molar-refractivity contribution is 7.45. The fourth-order valence-electron chi connectivity index (χ4n) is 11.7. The summed E-state index contributed by atoms with van der Waals surface area (Å²) in [4.78, 5) is 38.1. The SMILES string of the molecule is CC/C=C\C/C=C\C/C=C\C/C=C\CCCCCCCCCCCCCCCCCCCCCCCCCCCCCCC(=O)OC(COC(=O)CCCCCCCCCCCCCCCCCCCCCCCCCC)COP(=O)([O-])OCC[N+](C)(C)C. The third kappa shape index (κ3) is 74.9. The van der Waals surface area contributed by atoms with E-state index in [4.69, 9.17) is 18.5 Å². The normalized spacial score (nSPS) is 13.3. The Hall–Kier alpha value is -2.03. The zero-order chi connectivity index (χ0) is 64.8. The van der Waals surface area contributed by atoms with Gasteiger partial charge in [0.25, 0.3) is 7.82 Å². The molecule has 0 rings (SSSR count). The number of phosphoric ester groups is 1. The summed E-state index contributed by atoms with van der Waals surface area (Å²) in [5.41, 5.74) is 0. The molecule has 9 nitrogen and oxygen atoms in total. The number of ether oxygens (including phenoxy) is 2. The monoisotopic (exact) mass is 1270 g/mol. The van der Waals surface area contributed by atoms with Crippen molar-refractivity contribution in [1.82, 2.24) is 0 Å². The Morgan fingerprint density at radius 1 is 0.360 bits per heavy atom. The molecule has 0 fully saturated rings. The Labute approximate surface area is 554 Å². The molecule has 0 N–H and O–H groups in total. The van der Waals surface area contributed by atoms with Gasteiger partial charge in [-0.15, -0.1) is 0 Å². The number of carbonyl (C=O) groups excluding carboxylic acids is 2. The van der Waals surface area contributed by atoms with Crippen LogP contribution in [0.5, 0.6) is 0 Å². The molecule has 0 amide bonds. The molecule has 0 bridgehead atoms. The van der Waals surface area contributed by atoms with Gasteiger partial charge in [0.1, 0.15) is 19.8 Å². The fourth-order valence-corrected chi connectivity index (χ4v) is 12.4. The molecular formula is C79H150NO8P. The van der Waals surface area contributed by atoms with Gasteiger partial charge in [-0.1, -0.05) is 377 Å². The first-order chi connectivity index (χ1) is 43.5. The average Bonchev–Trinajstić information content (AvgIpc) is 3.60. The van der Waals surface area contributed by atoms with Crippen molar-refractivity contribution in [2.75, 3.05) is 47.5 Å². The van der Waals surface area contributed by atoms with Gasteiger partial charge in [-0.05, 0) is 51.4 Å². The van der Waals surface area contributed by atoms with E-state index in [9.17, 15) is 19.0 Å². The minimum atomic E-state index is -4.64. The summed E-state index contributed by atoms with van der Waals surface area (Å²) in [5.74, 6) is -0.807. The van der Waals surface area contributed by atoms with E-state index >= 15 is 0 Å². The first kappa shape index (κ1) is 87.0. The zero-order valence-electron chi connectivity index (χ0n) is 59.9. The van der Waals surface area contributed by atoms with E-state index in [0.29, 0.717) is 17.4 Å². The maximum Gasteiger partial charge on any atom is 0.306 e. The van der Waals surface area contributed by atoms with E-state index in [0.717, 1.165) is 57.8 Å². The molecule has 2 unspecified atom stereocenters. The molecule has 2 atom stereocenters. The van der Waals surface area contributed by atoms with Crippen molar-refractivity contribution < 1.29 is 42.1 Å². The lowest BCUT2D eigenvalue weighted by molar-refractivity contribution is -0.870. The highest BCUT2D eigenvalue weighted by Crippen LogP contribution is 2.38. The summed E-state index contributed by atoms with van der Waals surface area (Å²) < 4.78 is 34.4. The standard InChI is InChI=1S/C79H150NO8P/c1-6-8-10-12-14-16-18-20-22-24-26-28-30-32-33-34-35-36-37-38-39-40-41-42-43-44-45-46-47-48-50-52-54-56-58-60-62-64-66-68-70-72-79(82)88-77(76-87-89(83,84)86-74-73-80(3,4)5)75-85-78(81)71-69-67-65-63-61-59-57-55-53-51-49-31-29-27-25-23-21-19-17-15-13-11-9-7-2/h8,10,14,16,20,22,26,28,77H,6-7,9,11-13,15,17-19,21,23-25,27,29-76H2,1-5H3/b10-8-,16-14-,22-20-,28-26-. The van der Waals surface area contributed by atoms with Crippen LogP contribution < -0.4 is 4.89 Å². The molecule has 10 heteroatoms. The molecule has 0 aromatic carbocycles. The smallest absolute Gasteiger partial charge is 0.306 e. The van der Waals surface area contributed by atoms with Crippen LogP contribution in [0.2, 0.25) is 0 Å². The lowest BCUT2D eigenvalue weighted by Crippen LogP contribution is -2.37. The lowest BCUT2D eigenvalue weighted by Gasteiger charge is -2.28. The number of unbranched alkanes of at least 4 members (excludes halogenated alkanes) is 51. The van der Waals surface area contributed by atoms with Crippen molar-refractivity contribution in [3.05, 3.63) is 48.6 Å². The maximum absolute atomic E-state index is 12.9. The Kier molecular flexibility index (Phi) is 68.7. The van der Waals surface area contributed by atoms with Crippen LogP contribution in [-0.2, 0) is 32.7 Å². The summed E-state index contributed by atoms with van der Waals surface area (Å²) in [6.07, 6.45) is 92.4. The van der Waals surface area contributed by atoms with Gasteiger partial charge in [-0.25, -0.2) is 0 Å². The van der Waals surface area contributed by atoms with Crippen molar-refractivity contribution in [3.8, 4) is 0 Å². The van der Waals surface area contributed by atoms with Gasteiger partial charge in [0.15, 0.2) is 6.10 Å². The molecule has 0 heterocycles. The molecule has 524 valence electrons. The van der Waals surface area contributed by atoms with E-state index in [1.807, 2.05) is 21.1 Å². The Morgan fingerprint density at radius 3 is 0.955 bits per heavy atom. The number of likely N-dealkylation sites (N-methyl/N-ethyl adjacent to an activating group) is 1. The summed E-state index contributed by atoms with van der Waals surface area (Å²) in [6, 6.07) is 0. The number of rotatable bonds is 73. The van der Waals surface area contributed by atoms with Gasteiger partial charge in [0.2, 0.25) is 0 Å². The summed E-state index contributed by atoms with van der Waals surface area (Å²) >= 11 is 0. The molecule has 0 aliphatic rings. The molecule has 0 saturated carbocycles. The predicted octanol–water partition coefficient (Wildman–Crippen LogP) is 24.9. The number of carbonyl (C=O) groups is 2. The molecule has 0 aliphatic heterocycles. The van der Waals surface area contributed by atoms with Crippen LogP contribution in [0.25, 0.3) is 0 Å². The van der Waals surface area contributed by atoms with E-state index in [2.05, 4.69) is 62.5 Å². The number of esters is 2. The van der Waals surface area contributed by atoms with Crippen LogP contribution in [0, 0.1) is 0 Å². The van der Waals surface area contributed by atoms with Crippen molar-refractivity contribution in [2.45, 2.75) is 399 Å². The quantitative estimate of drug-likeness (QED) is 0.0195. The minimum absolute atomic E-state index is 0.0268. The van der Waals surface area contributed by atoms with E-state index < -0.39 is 26.5 Å². The molecule has 0 saturated heterocycles. The molecular weight excluding hydrogens is 1120 g/mol. The average molecular weight is 1270 g/mol. The fraction of sp³-hybridized carbons (Fsp3) is 0.873. The van der Waals surface area contributed by atoms with Crippen molar-refractivity contribution in [2.24, 2.45) is 0 Å². The van der Waals surface area contributed by atoms with Crippen LogP contribution in [0.15, 0.2) is 48.6 Å². The van der Waals surface area contributed by atoms with E-state index in [1.165, 1.54) is 302 Å². The topological polar surface area (TPSA) is 111 Å². The number of allylic oxidation sites excluding steroid dienone is 8. The number of quaternary nitrogens is 1. The van der Waals surface area contributed by atoms with Gasteiger partial charge >= 0.3 is 11.9 Å². The highest BCUT2D eigenvalue weighted by atomic mass is 31.2. The maximum atomic E-state index is 12.9. The van der Waals surface area contributed by atoms with Crippen LogP contribution >= 0.6 is 7.82 Å². The molecule has 0 aromatic rings. The van der Waals surface area contributed by atoms with Gasteiger partial charge in [0, 0.05) is 12.8 Å². The van der Waals surface area contributed by atoms with Gasteiger partial charge in [-0.2, -0.15) is 0 Å². The second-order valence-corrected chi connectivity index (χ2v) is 29.1. The second kappa shape index (κ2) is 70.3. The zero-order valence-corrected chi connectivity index (χ0v) is 60.8. The van der Waals surface area contributed by atoms with E-state index in [1.54, 1.807) is 0 Å². The van der Waals surface area contributed by atoms with Crippen molar-refractivity contribution >= 4 is 19.8 Å². The molecule has 0 radical (unpaired) electrons. The number of phosphoric acid groups is 1. The summed E-state index contributed by atoms with van der Waals surface area (Å²) in [7, 11) is 1.19. The highest BCUT2D eigenvalue weighted by Gasteiger charge is 2.22. The number of nitrogens with zero attached hydrogens (tertiary/aromatic N) is 1. The molecule has 0 aromatic heterocycles. The van der Waals surface area contributed by atoms with Crippen LogP contribution in [0.1, 0.15) is 393 Å². The van der Waals surface area contributed by atoms with Crippen molar-refractivity contribution in [1.29, 1.82) is 0 Å². The number of hydrogen-bond donors (Lipinski definition) is 0. The van der Waals surface area contributed by atoms with Gasteiger partial charge in [-0.3, -0.25) is 14.2 Å². The Balaban J connectivity index is 3.87. The van der Waals surface area contributed by atoms with E-state index in [-0.39, 0.29) is 32.0 Å². The van der Waals surface area contributed by atoms with Gasteiger partial charge in [0.05, 0.1) is 27.7 Å². The third-order valence-electron chi connectivity index (χ3n) is 17.6. The first-order valence-corrected chi connectivity index (χ1v) is 40.3. The first-order valence-electron chi connectivity index (χ1n) is 38.8. The molecule has 89 heavy (non-hydrogen) atoms. The molecule has 0 aliphatic carbocycles. The van der Waals surface area contributed by atoms with Crippen LogP contribution in [0.3, 0.4) is 0 Å². The molecule has 0 spiro atoms. The van der Waals surface area contributed by atoms with Crippen LogP contribution in [0.4, 0.5) is 0 Å². The minimum Gasteiger partial charge on any atom is -0.756 e. The Bertz CT molecular complexity index is 1640. The summed E-state index contributed by atoms with van der Waals surface area (Å²) in [6.45, 7) is 4.21. The lowest BCUT2D eigenvalue weighted by atomic mass is 10.0. The second-order valence-electron chi connectivity index (χ2n) is 27.7. The van der Waals surface area contributed by atoms with Crippen molar-refractivity contribution in [3.63, 3.8) is 0 Å². The Morgan fingerprint density at radius 2 is 0.640 bits per heavy atom. The largest absolute Gasteiger partial charge is 0.756 e. The van der Waals surface area contributed by atoms with Gasteiger partial charge < -0.3 is 27.9 Å². The third-order valence-corrected chi connectivity index (χ3v) is 18.6. The van der Waals surface area contributed by atoms with Crippen LogP contribution in [-0.4, -0.2) is 70.0 Å². The summed E-state index contributed by atoms with van der Waals surface area (Å²) in [5, 5.41) is 0. The predicted molar refractivity (Wildman–Crippen MR) is 384 cm³/mol. The number of hydrogen-bond acceptors (Lipinski definition) is 8.